The molecule has 1 aliphatic heterocycles. The van der Waals surface area contributed by atoms with Crippen LogP contribution in [0.2, 0.25) is 0 Å². The summed E-state index contributed by atoms with van der Waals surface area (Å²) in [4.78, 5) is 0. The van der Waals surface area contributed by atoms with E-state index in [9.17, 15) is 0 Å². The number of benzene rings is 5. The zero-order chi connectivity index (χ0) is 22.0. The molecular weight excluding hydrogens is 410 g/mol. The number of aromatic nitrogens is 1. The summed E-state index contributed by atoms with van der Waals surface area (Å²) in [5.41, 5.74) is 18.5. The molecule has 6 aromatic rings. The van der Waals surface area contributed by atoms with Crippen molar-refractivity contribution >= 4 is 21.8 Å². The Labute approximate surface area is 197 Å². The van der Waals surface area contributed by atoms with Gasteiger partial charge in [0.25, 0.3) is 0 Å². The van der Waals surface area contributed by atoms with Gasteiger partial charge < -0.3 is 4.57 Å². The average Bonchev–Trinajstić information content (AvgIpc) is 3.53. The zero-order valence-electron chi connectivity index (χ0n) is 18.7. The fourth-order valence-corrected chi connectivity index (χ4v) is 6.99. The molecule has 5 aromatic carbocycles. The first-order valence-electron chi connectivity index (χ1n) is 12.3. The maximum atomic E-state index is 2.61. The lowest BCUT2D eigenvalue weighted by Crippen LogP contribution is -2.10. The molecule has 0 atom stereocenters. The Bertz CT molecular complexity index is 1880. The van der Waals surface area contributed by atoms with Crippen LogP contribution in [-0.4, -0.2) is 4.57 Å². The van der Waals surface area contributed by atoms with Crippen LogP contribution in [0, 0.1) is 0 Å². The molecule has 3 aliphatic rings. The average molecular weight is 432 g/mol. The summed E-state index contributed by atoms with van der Waals surface area (Å²) in [6.07, 6.45) is 3.07. The molecule has 0 saturated heterocycles. The van der Waals surface area contributed by atoms with Crippen LogP contribution in [0.3, 0.4) is 0 Å². The van der Waals surface area contributed by atoms with E-state index in [4.69, 9.17) is 0 Å². The molecule has 9 rings (SSSR count). The van der Waals surface area contributed by atoms with Crippen LogP contribution in [0.5, 0.6) is 0 Å². The first-order valence-corrected chi connectivity index (χ1v) is 12.3. The van der Waals surface area contributed by atoms with Crippen molar-refractivity contribution in [2.24, 2.45) is 0 Å². The highest BCUT2D eigenvalue weighted by atomic mass is 15.0. The fourth-order valence-electron chi connectivity index (χ4n) is 6.99. The van der Waals surface area contributed by atoms with Gasteiger partial charge in [0, 0.05) is 22.8 Å². The van der Waals surface area contributed by atoms with Crippen molar-refractivity contribution in [3.05, 3.63) is 124 Å². The van der Waals surface area contributed by atoms with Gasteiger partial charge in [-0.1, -0.05) is 78.9 Å². The summed E-state index contributed by atoms with van der Waals surface area (Å²) < 4.78 is 2.61. The topological polar surface area (TPSA) is 4.93 Å². The van der Waals surface area contributed by atoms with E-state index in [0.29, 0.717) is 0 Å². The highest BCUT2D eigenvalue weighted by molar-refractivity contribution is 6.13. The van der Waals surface area contributed by atoms with Crippen LogP contribution in [0.1, 0.15) is 33.4 Å². The van der Waals surface area contributed by atoms with Crippen molar-refractivity contribution in [1.29, 1.82) is 0 Å². The molecule has 1 heteroatoms. The van der Waals surface area contributed by atoms with Gasteiger partial charge in [-0.3, -0.25) is 0 Å². The number of fused-ring (bicyclic) bond motifs is 12. The molecule has 34 heavy (non-hydrogen) atoms. The van der Waals surface area contributed by atoms with Gasteiger partial charge in [-0.2, -0.15) is 0 Å². The molecule has 0 saturated carbocycles. The minimum Gasteiger partial charge on any atom is -0.308 e. The number of nitrogens with zero attached hydrogens (tertiary/aromatic N) is 1. The molecule has 0 bridgehead atoms. The predicted molar refractivity (Wildman–Crippen MR) is 140 cm³/mol. The second kappa shape index (κ2) is 5.87. The van der Waals surface area contributed by atoms with Crippen LogP contribution >= 0.6 is 0 Å². The lowest BCUT2D eigenvalue weighted by Gasteiger charge is -2.24. The monoisotopic (exact) mass is 431 g/mol. The van der Waals surface area contributed by atoms with Crippen molar-refractivity contribution in [3.8, 4) is 27.9 Å². The smallest absolute Gasteiger partial charge is 0.0579 e. The van der Waals surface area contributed by atoms with Gasteiger partial charge in [0.1, 0.15) is 0 Å². The van der Waals surface area contributed by atoms with Gasteiger partial charge >= 0.3 is 0 Å². The minimum atomic E-state index is 1.00. The van der Waals surface area contributed by atoms with Crippen molar-refractivity contribution in [2.45, 2.75) is 19.3 Å². The fraction of sp³-hybridized carbons (Fsp3) is 0.0909. The quantitative estimate of drug-likeness (QED) is 0.231. The molecule has 0 radical (unpaired) electrons. The van der Waals surface area contributed by atoms with Gasteiger partial charge in [-0.15, -0.1) is 0 Å². The van der Waals surface area contributed by atoms with Crippen molar-refractivity contribution in [1.82, 2.24) is 4.57 Å². The van der Waals surface area contributed by atoms with Crippen LogP contribution in [0.15, 0.2) is 91.0 Å². The number of hydrogen-bond acceptors (Lipinski definition) is 0. The lowest BCUT2D eigenvalue weighted by molar-refractivity contribution is 1.04. The number of para-hydroxylation sites is 1. The normalized spacial score (nSPS) is 14.1. The van der Waals surface area contributed by atoms with E-state index in [1.807, 2.05) is 0 Å². The zero-order valence-corrected chi connectivity index (χ0v) is 18.7. The van der Waals surface area contributed by atoms with Crippen LogP contribution in [0.4, 0.5) is 0 Å². The third-order valence-electron chi connectivity index (χ3n) is 8.40. The molecule has 2 aliphatic carbocycles. The van der Waals surface area contributed by atoms with Crippen LogP contribution in [0.25, 0.3) is 49.7 Å². The van der Waals surface area contributed by atoms with E-state index >= 15 is 0 Å². The molecule has 1 nitrogen and oxygen atoms in total. The molecule has 0 amide bonds. The molecule has 158 valence electrons. The highest BCUT2D eigenvalue weighted by Crippen LogP contribution is 2.49. The Hall–Kier alpha value is -4.10. The standard InChI is InChI=1S/C33H21N/c1-3-9-25-19(6-1)15-24-17-29-27-11-5-8-22-16-23-13-12-21-14-20-7-2-4-10-26(20)31(21)33(23)34(32(22)27)30(29)18-28(24)25/h1-13,17-18H,14-16H2. The number of hydrogen-bond donors (Lipinski definition) is 0. The molecule has 0 spiro atoms. The Morgan fingerprint density at radius 3 is 2.09 bits per heavy atom. The van der Waals surface area contributed by atoms with Crippen molar-refractivity contribution in [2.75, 3.05) is 0 Å². The first-order chi connectivity index (χ1) is 16.8. The number of rotatable bonds is 0. The second-order valence-corrected chi connectivity index (χ2v) is 10.1. The van der Waals surface area contributed by atoms with Gasteiger partial charge in [0.15, 0.2) is 0 Å². The van der Waals surface area contributed by atoms with E-state index in [2.05, 4.69) is 95.6 Å². The Morgan fingerprint density at radius 2 is 1.18 bits per heavy atom. The summed E-state index contributed by atoms with van der Waals surface area (Å²) in [6.45, 7) is 0. The second-order valence-electron chi connectivity index (χ2n) is 10.1. The third-order valence-corrected chi connectivity index (χ3v) is 8.40. The van der Waals surface area contributed by atoms with E-state index in [-0.39, 0.29) is 0 Å². The Balaban J connectivity index is 1.46. The largest absolute Gasteiger partial charge is 0.308 e. The van der Waals surface area contributed by atoms with Crippen LogP contribution in [-0.2, 0) is 19.3 Å². The van der Waals surface area contributed by atoms with E-state index < -0.39 is 0 Å². The summed E-state index contributed by atoms with van der Waals surface area (Å²) in [5.74, 6) is 0. The third kappa shape index (κ3) is 1.98. The predicted octanol–water partition coefficient (Wildman–Crippen LogP) is 7.83. The van der Waals surface area contributed by atoms with Gasteiger partial charge in [0.2, 0.25) is 0 Å². The van der Waals surface area contributed by atoms with Crippen molar-refractivity contribution < 1.29 is 0 Å². The molecule has 1 aromatic heterocycles. The van der Waals surface area contributed by atoms with Crippen LogP contribution < -0.4 is 0 Å². The summed E-state index contributed by atoms with van der Waals surface area (Å²) in [5, 5.41) is 2.78. The van der Waals surface area contributed by atoms with Gasteiger partial charge in [-0.05, 0) is 75.0 Å². The molecule has 0 fully saturated rings. The van der Waals surface area contributed by atoms with E-state index in [1.165, 1.54) is 83.1 Å². The maximum Gasteiger partial charge on any atom is 0.0579 e. The van der Waals surface area contributed by atoms with Gasteiger partial charge in [-0.25, -0.2) is 0 Å². The Kier molecular flexibility index (Phi) is 3.00. The summed E-state index contributed by atoms with van der Waals surface area (Å²) >= 11 is 0. The molecule has 2 heterocycles. The SMILES string of the molecule is c1ccc2c(c1)Cc1cc3c4cccc5c4n(c3cc1-2)-c1c(ccc2c1-c1ccccc1C2)C5. The lowest BCUT2D eigenvalue weighted by atomic mass is 9.92. The minimum absolute atomic E-state index is 1.00. The molecule has 0 N–H and O–H groups in total. The highest BCUT2D eigenvalue weighted by Gasteiger charge is 2.30. The molecular formula is C33H21N. The van der Waals surface area contributed by atoms with E-state index in [0.717, 1.165) is 19.3 Å². The van der Waals surface area contributed by atoms with Crippen molar-refractivity contribution in [3.63, 3.8) is 0 Å². The Morgan fingerprint density at radius 1 is 0.471 bits per heavy atom. The summed E-state index contributed by atoms with van der Waals surface area (Å²) in [7, 11) is 0. The first kappa shape index (κ1) is 17.4. The maximum absolute atomic E-state index is 2.61. The van der Waals surface area contributed by atoms with Gasteiger partial charge in [0.05, 0.1) is 16.7 Å². The molecule has 0 unspecified atom stereocenters. The van der Waals surface area contributed by atoms with E-state index in [1.54, 1.807) is 0 Å². The summed E-state index contributed by atoms with van der Waals surface area (Å²) in [6, 6.07) is 34.5.